The maximum Gasteiger partial charge on any atom is 0.573 e. The number of nitrogens with one attached hydrogen (secondary N) is 1. The lowest BCUT2D eigenvalue weighted by Gasteiger charge is -2.11. The summed E-state index contributed by atoms with van der Waals surface area (Å²) in [5.41, 5.74) is 2.13. The molecule has 2 aromatic carbocycles. The molecule has 0 saturated carbocycles. The number of amides is 1. The minimum atomic E-state index is -4.78. The van der Waals surface area contributed by atoms with Crippen LogP contribution >= 0.6 is 11.3 Å². The average Bonchev–Trinajstić information content (AvgIpc) is 3.48. The highest BCUT2D eigenvalue weighted by atomic mass is 32.1. The number of carbonyl (C=O) groups is 2. The van der Waals surface area contributed by atoms with Crippen molar-refractivity contribution in [2.24, 2.45) is 4.99 Å². The number of carbonyl (C=O) groups excluding carboxylic acids is 2. The number of thiazole rings is 1. The SMILES string of the molecule is CCOC(=O)CC(=O)NCCCn1c(-c2ccc3c(c2)OCO3)cs/c1=N\c1ccc(OC(F)(F)F)cc1. The van der Waals surface area contributed by atoms with E-state index in [-0.39, 0.29) is 25.6 Å². The Hall–Kier alpha value is -4.00. The summed E-state index contributed by atoms with van der Waals surface area (Å²) in [4.78, 5) is 28.7. The van der Waals surface area contributed by atoms with E-state index in [1.54, 1.807) is 6.92 Å². The van der Waals surface area contributed by atoms with Crippen LogP contribution in [-0.4, -0.2) is 42.8 Å². The van der Waals surface area contributed by atoms with Gasteiger partial charge in [-0.25, -0.2) is 4.99 Å². The molecule has 1 aliphatic rings. The first-order valence-electron chi connectivity index (χ1n) is 11.6. The van der Waals surface area contributed by atoms with E-state index in [2.05, 4.69) is 15.0 Å². The number of hydrogen-bond donors (Lipinski definition) is 1. The van der Waals surface area contributed by atoms with Gasteiger partial charge in [0, 0.05) is 24.0 Å². The first kappa shape index (κ1) is 27.0. The van der Waals surface area contributed by atoms with Gasteiger partial charge in [0.1, 0.15) is 12.2 Å². The summed E-state index contributed by atoms with van der Waals surface area (Å²) in [6.45, 7) is 2.78. The van der Waals surface area contributed by atoms with Crippen molar-refractivity contribution in [2.45, 2.75) is 32.7 Å². The fourth-order valence-corrected chi connectivity index (χ4v) is 4.58. The molecule has 3 aromatic rings. The molecular weight excluding hydrogens is 527 g/mol. The smallest absolute Gasteiger partial charge is 0.466 e. The molecule has 0 saturated heterocycles. The van der Waals surface area contributed by atoms with Crippen LogP contribution in [0.2, 0.25) is 0 Å². The van der Waals surface area contributed by atoms with Gasteiger partial charge >= 0.3 is 12.3 Å². The van der Waals surface area contributed by atoms with Crippen molar-refractivity contribution in [1.82, 2.24) is 9.88 Å². The number of esters is 1. The van der Waals surface area contributed by atoms with Crippen molar-refractivity contribution in [3.05, 3.63) is 52.6 Å². The van der Waals surface area contributed by atoms with E-state index in [0.717, 1.165) is 11.3 Å². The highest BCUT2D eigenvalue weighted by Crippen LogP contribution is 2.36. The van der Waals surface area contributed by atoms with Crippen LogP contribution < -0.4 is 24.3 Å². The molecule has 9 nitrogen and oxygen atoms in total. The molecular formula is C25H24F3N3O6S. The van der Waals surface area contributed by atoms with Crippen molar-refractivity contribution in [3.63, 3.8) is 0 Å². The minimum absolute atomic E-state index is 0.141. The van der Waals surface area contributed by atoms with E-state index in [1.165, 1.54) is 35.6 Å². The third-order valence-electron chi connectivity index (χ3n) is 5.25. The largest absolute Gasteiger partial charge is 0.573 e. The summed E-state index contributed by atoms with van der Waals surface area (Å²) in [6.07, 6.45) is -4.61. The van der Waals surface area contributed by atoms with Gasteiger partial charge in [-0.15, -0.1) is 24.5 Å². The third kappa shape index (κ3) is 7.28. The second-order valence-corrected chi connectivity index (χ2v) is 8.80. The number of fused-ring (bicyclic) bond motifs is 1. The van der Waals surface area contributed by atoms with Gasteiger partial charge in [0.15, 0.2) is 16.3 Å². The molecule has 1 amide bonds. The van der Waals surface area contributed by atoms with Crippen LogP contribution in [-0.2, 0) is 20.9 Å². The van der Waals surface area contributed by atoms with Gasteiger partial charge in [-0.1, -0.05) is 0 Å². The monoisotopic (exact) mass is 551 g/mol. The normalized spacial score (nSPS) is 12.9. The molecule has 1 aromatic heterocycles. The topological polar surface area (TPSA) is 100 Å². The molecule has 1 N–H and O–H groups in total. The molecule has 0 spiro atoms. The van der Waals surface area contributed by atoms with E-state index in [9.17, 15) is 22.8 Å². The summed E-state index contributed by atoms with van der Waals surface area (Å²) < 4.78 is 58.9. The Morgan fingerprint density at radius 1 is 1.13 bits per heavy atom. The zero-order valence-corrected chi connectivity index (χ0v) is 21.1. The predicted molar refractivity (Wildman–Crippen MR) is 131 cm³/mol. The highest BCUT2D eigenvalue weighted by Gasteiger charge is 2.31. The lowest BCUT2D eigenvalue weighted by molar-refractivity contribution is -0.274. The van der Waals surface area contributed by atoms with Gasteiger partial charge in [-0.3, -0.25) is 9.59 Å². The molecule has 13 heteroatoms. The van der Waals surface area contributed by atoms with Crippen LogP contribution in [0.4, 0.5) is 18.9 Å². The van der Waals surface area contributed by atoms with E-state index in [4.69, 9.17) is 14.2 Å². The predicted octanol–water partition coefficient (Wildman–Crippen LogP) is 4.54. The fraction of sp³-hybridized carbons (Fsp3) is 0.320. The number of rotatable bonds is 10. The molecule has 0 aliphatic carbocycles. The van der Waals surface area contributed by atoms with Gasteiger partial charge in [-0.05, 0) is 55.8 Å². The van der Waals surface area contributed by atoms with Crippen molar-refractivity contribution in [2.75, 3.05) is 19.9 Å². The van der Waals surface area contributed by atoms with Crippen LogP contribution in [0.1, 0.15) is 19.8 Å². The summed E-state index contributed by atoms with van der Waals surface area (Å²) >= 11 is 1.36. The van der Waals surface area contributed by atoms with Crippen LogP contribution in [0, 0.1) is 0 Å². The van der Waals surface area contributed by atoms with Crippen molar-refractivity contribution >= 4 is 28.9 Å². The van der Waals surface area contributed by atoms with Crippen molar-refractivity contribution in [1.29, 1.82) is 0 Å². The van der Waals surface area contributed by atoms with Crippen LogP contribution in [0.15, 0.2) is 52.8 Å². The van der Waals surface area contributed by atoms with Gasteiger partial charge in [0.2, 0.25) is 12.7 Å². The van der Waals surface area contributed by atoms with E-state index in [0.29, 0.717) is 41.5 Å². The molecule has 1 aliphatic heterocycles. The molecule has 0 atom stereocenters. The van der Waals surface area contributed by atoms with Gasteiger partial charge in [-0.2, -0.15) is 0 Å². The Morgan fingerprint density at radius 3 is 2.63 bits per heavy atom. The lowest BCUT2D eigenvalue weighted by atomic mass is 10.1. The molecule has 0 fully saturated rings. The molecule has 0 unspecified atom stereocenters. The van der Waals surface area contributed by atoms with E-state index in [1.807, 2.05) is 28.1 Å². The second-order valence-electron chi connectivity index (χ2n) is 7.96. The van der Waals surface area contributed by atoms with Gasteiger partial charge in [0.25, 0.3) is 0 Å². The molecule has 2 heterocycles. The number of hydrogen-bond acceptors (Lipinski definition) is 8. The van der Waals surface area contributed by atoms with Crippen LogP contribution in [0.3, 0.4) is 0 Å². The first-order valence-corrected chi connectivity index (χ1v) is 12.5. The van der Waals surface area contributed by atoms with Gasteiger partial charge < -0.3 is 28.8 Å². The Morgan fingerprint density at radius 2 is 1.89 bits per heavy atom. The maximum absolute atomic E-state index is 12.5. The number of alkyl halides is 3. The lowest BCUT2D eigenvalue weighted by Crippen LogP contribution is -2.28. The molecule has 38 heavy (non-hydrogen) atoms. The number of benzene rings is 2. The van der Waals surface area contributed by atoms with E-state index >= 15 is 0 Å². The quantitative estimate of drug-likeness (QED) is 0.226. The zero-order chi connectivity index (χ0) is 27.1. The fourth-order valence-electron chi connectivity index (χ4n) is 3.62. The Kier molecular flexibility index (Phi) is 8.56. The second kappa shape index (κ2) is 12.0. The minimum Gasteiger partial charge on any atom is -0.466 e. The first-order chi connectivity index (χ1) is 18.2. The van der Waals surface area contributed by atoms with Crippen molar-refractivity contribution in [3.8, 4) is 28.5 Å². The Bertz CT molecular complexity index is 1350. The van der Waals surface area contributed by atoms with Crippen LogP contribution in [0.5, 0.6) is 17.2 Å². The van der Waals surface area contributed by atoms with E-state index < -0.39 is 18.2 Å². The highest BCUT2D eigenvalue weighted by molar-refractivity contribution is 7.07. The number of nitrogens with zero attached hydrogens (tertiary/aromatic N) is 2. The number of ether oxygens (including phenoxy) is 4. The zero-order valence-electron chi connectivity index (χ0n) is 20.2. The average molecular weight is 552 g/mol. The van der Waals surface area contributed by atoms with Gasteiger partial charge in [0.05, 0.1) is 18.0 Å². The Balaban J connectivity index is 1.54. The standard InChI is InChI=1S/C25H24F3N3O6S/c1-2-34-23(33)13-22(32)29-10-3-11-31-19(16-4-9-20-21(12-16)36-15-35-20)14-38-24(31)30-17-5-7-18(8-6-17)37-25(26,27)28/h4-9,12,14H,2-3,10-11,13,15H2,1H3,(H,29,32)/b30-24-. The number of halogens is 3. The van der Waals surface area contributed by atoms with Crippen molar-refractivity contribution < 1.29 is 41.7 Å². The molecule has 0 radical (unpaired) electrons. The Labute approximate surface area is 219 Å². The molecule has 202 valence electrons. The molecule has 4 rings (SSSR count). The maximum atomic E-state index is 12.5. The summed E-state index contributed by atoms with van der Waals surface area (Å²) in [5.74, 6) is -0.0952. The third-order valence-corrected chi connectivity index (χ3v) is 6.12. The van der Waals surface area contributed by atoms with Crippen LogP contribution in [0.25, 0.3) is 11.3 Å². The summed E-state index contributed by atoms with van der Waals surface area (Å²) in [5, 5.41) is 4.61. The number of aromatic nitrogens is 1. The summed E-state index contributed by atoms with van der Waals surface area (Å²) in [6, 6.07) is 10.8. The summed E-state index contributed by atoms with van der Waals surface area (Å²) in [7, 11) is 0. The molecule has 0 bridgehead atoms.